The second-order valence-corrected chi connectivity index (χ2v) is 5.25. The Labute approximate surface area is 111 Å². The summed E-state index contributed by atoms with van der Waals surface area (Å²) in [5.41, 5.74) is -0.274. The first-order valence-corrected chi connectivity index (χ1v) is 6.78. The second kappa shape index (κ2) is 4.80. The molecule has 1 spiro atoms. The minimum atomic E-state index is -0.281. The molecule has 0 aliphatic carbocycles. The van der Waals surface area contributed by atoms with Crippen molar-refractivity contribution in [2.45, 2.75) is 38.3 Å². The Morgan fingerprint density at radius 1 is 1.42 bits per heavy atom. The van der Waals surface area contributed by atoms with E-state index in [-0.39, 0.29) is 11.7 Å². The highest BCUT2D eigenvalue weighted by Gasteiger charge is 2.42. The number of carbonyl (C=O) groups excluding carboxylic acids is 1. The fourth-order valence-corrected chi connectivity index (χ4v) is 2.68. The lowest BCUT2D eigenvalue weighted by atomic mass is 9.92. The Bertz CT molecular complexity index is 464. The first kappa shape index (κ1) is 12.4. The van der Waals surface area contributed by atoms with Crippen molar-refractivity contribution in [1.29, 1.82) is 0 Å². The van der Waals surface area contributed by atoms with Crippen LogP contribution in [0.5, 0.6) is 0 Å². The number of nitrogens with zero attached hydrogens (tertiary/aromatic N) is 3. The number of ether oxygens (including phenoxy) is 1. The van der Waals surface area contributed by atoms with Crippen molar-refractivity contribution in [3.8, 4) is 0 Å². The molecule has 2 fully saturated rings. The van der Waals surface area contributed by atoms with Gasteiger partial charge in [0.25, 0.3) is 0 Å². The van der Waals surface area contributed by atoms with Gasteiger partial charge in [0.2, 0.25) is 0 Å². The van der Waals surface area contributed by atoms with Crippen LogP contribution in [0.1, 0.15) is 31.4 Å². The molecule has 0 saturated carbocycles. The zero-order valence-electron chi connectivity index (χ0n) is 11.1. The molecule has 0 atom stereocenters. The number of hydrogen-bond donors (Lipinski definition) is 2. The maximum absolute atomic E-state index is 11.2. The van der Waals surface area contributed by atoms with E-state index in [0.29, 0.717) is 6.54 Å². The topological polar surface area (TPSA) is 83.1 Å². The Kier molecular flexibility index (Phi) is 3.14. The molecule has 2 aliphatic rings. The van der Waals surface area contributed by atoms with E-state index in [1.807, 2.05) is 6.92 Å². The molecule has 104 valence electrons. The predicted molar refractivity (Wildman–Crippen MR) is 67.5 cm³/mol. The van der Waals surface area contributed by atoms with Crippen molar-refractivity contribution >= 4 is 6.09 Å². The maximum atomic E-state index is 11.2. The minimum Gasteiger partial charge on any atom is -0.441 e. The molecule has 2 aliphatic heterocycles. The fourth-order valence-electron chi connectivity index (χ4n) is 2.68. The van der Waals surface area contributed by atoms with Crippen LogP contribution < -0.4 is 5.32 Å². The first-order chi connectivity index (χ1) is 9.19. The molecule has 1 aromatic heterocycles. The van der Waals surface area contributed by atoms with Crippen molar-refractivity contribution < 1.29 is 9.53 Å². The Morgan fingerprint density at radius 2 is 2.21 bits per heavy atom. The summed E-state index contributed by atoms with van der Waals surface area (Å²) in [7, 11) is 0. The number of H-pyrrole nitrogens is 1. The summed E-state index contributed by atoms with van der Waals surface area (Å²) in [6.45, 7) is 5.29. The number of carbonyl (C=O) groups is 1. The van der Waals surface area contributed by atoms with E-state index in [0.717, 1.165) is 50.5 Å². The molecule has 1 aromatic rings. The van der Waals surface area contributed by atoms with E-state index in [2.05, 4.69) is 25.4 Å². The van der Waals surface area contributed by atoms with Gasteiger partial charge in [0.15, 0.2) is 0 Å². The predicted octanol–water partition coefficient (Wildman–Crippen LogP) is 0.442. The lowest BCUT2D eigenvalue weighted by Crippen LogP contribution is -2.46. The van der Waals surface area contributed by atoms with E-state index in [4.69, 9.17) is 4.74 Å². The van der Waals surface area contributed by atoms with Gasteiger partial charge in [0.1, 0.15) is 17.2 Å². The summed E-state index contributed by atoms with van der Waals surface area (Å²) in [5.74, 6) is 1.77. The third-order valence-electron chi connectivity index (χ3n) is 3.90. The van der Waals surface area contributed by atoms with Crippen molar-refractivity contribution in [3.63, 3.8) is 0 Å². The van der Waals surface area contributed by atoms with Crippen molar-refractivity contribution in [2.24, 2.45) is 0 Å². The molecule has 3 rings (SSSR count). The van der Waals surface area contributed by atoms with E-state index in [1.165, 1.54) is 0 Å². The van der Waals surface area contributed by atoms with E-state index in [9.17, 15) is 4.79 Å². The number of piperidine rings is 1. The van der Waals surface area contributed by atoms with Gasteiger partial charge in [-0.2, -0.15) is 5.10 Å². The molecule has 1 amide bonds. The van der Waals surface area contributed by atoms with E-state index < -0.39 is 0 Å². The van der Waals surface area contributed by atoms with Gasteiger partial charge in [-0.15, -0.1) is 0 Å². The third-order valence-corrected chi connectivity index (χ3v) is 3.90. The van der Waals surface area contributed by atoms with Crippen molar-refractivity contribution in [2.75, 3.05) is 19.6 Å². The number of hydrogen-bond acceptors (Lipinski definition) is 5. The average molecular weight is 265 g/mol. The van der Waals surface area contributed by atoms with Gasteiger partial charge in [-0.3, -0.25) is 10.00 Å². The highest BCUT2D eigenvalue weighted by molar-refractivity contribution is 5.70. The molecule has 3 heterocycles. The van der Waals surface area contributed by atoms with Gasteiger partial charge in [0, 0.05) is 32.4 Å². The number of alkyl carbamates (subject to hydrolysis) is 1. The molecule has 0 unspecified atom stereocenters. The summed E-state index contributed by atoms with van der Waals surface area (Å²) in [5, 5.41) is 9.86. The SMILES string of the molecule is CCc1n[nH]c(CN2CCC3(CC2)CNC(=O)O3)n1. The second-order valence-electron chi connectivity index (χ2n) is 5.25. The van der Waals surface area contributed by atoms with Crippen LogP contribution in [0, 0.1) is 0 Å². The zero-order chi connectivity index (χ0) is 13.3. The summed E-state index contributed by atoms with van der Waals surface area (Å²) >= 11 is 0. The number of aromatic amines is 1. The molecule has 0 bridgehead atoms. The smallest absolute Gasteiger partial charge is 0.407 e. The van der Waals surface area contributed by atoms with Crippen LogP contribution in [0.3, 0.4) is 0 Å². The molecular weight excluding hydrogens is 246 g/mol. The summed E-state index contributed by atoms with van der Waals surface area (Å²) in [6, 6.07) is 0. The Hall–Kier alpha value is -1.63. The zero-order valence-corrected chi connectivity index (χ0v) is 11.1. The number of likely N-dealkylation sites (tertiary alicyclic amines) is 1. The molecule has 0 radical (unpaired) electrons. The maximum Gasteiger partial charge on any atom is 0.407 e. The normalized spacial score (nSPS) is 22.5. The van der Waals surface area contributed by atoms with Crippen LogP contribution in [0.4, 0.5) is 4.79 Å². The Morgan fingerprint density at radius 3 is 2.79 bits per heavy atom. The van der Waals surface area contributed by atoms with Crippen LogP contribution in [0.2, 0.25) is 0 Å². The molecule has 2 saturated heterocycles. The number of rotatable bonds is 3. The number of amides is 1. The van der Waals surface area contributed by atoms with Crippen LogP contribution in [-0.2, 0) is 17.7 Å². The van der Waals surface area contributed by atoms with Gasteiger partial charge < -0.3 is 10.1 Å². The Balaban J connectivity index is 1.54. The summed E-state index contributed by atoms with van der Waals surface area (Å²) in [4.78, 5) is 17.9. The third kappa shape index (κ3) is 2.56. The molecule has 19 heavy (non-hydrogen) atoms. The lowest BCUT2D eigenvalue weighted by molar-refractivity contribution is -0.00155. The molecule has 7 nitrogen and oxygen atoms in total. The van der Waals surface area contributed by atoms with Gasteiger partial charge >= 0.3 is 6.09 Å². The largest absolute Gasteiger partial charge is 0.441 e. The van der Waals surface area contributed by atoms with Crippen molar-refractivity contribution in [3.05, 3.63) is 11.6 Å². The quantitative estimate of drug-likeness (QED) is 0.828. The number of nitrogens with one attached hydrogen (secondary N) is 2. The average Bonchev–Trinajstić information content (AvgIpc) is 3.00. The number of aryl methyl sites for hydroxylation is 1. The molecule has 7 heteroatoms. The fraction of sp³-hybridized carbons (Fsp3) is 0.750. The van der Waals surface area contributed by atoms with E-state index in [1.54, 1.807) is 0 Å². The van der Waals surface area contributed by atoms with Crippen LogP contribution >= 0.6 is 0 Å². The standard InChI is InChI=1S/C12H19N5O2/c1-2-9-14-10(16-15-9)7-17-5-3-12(4-6-17)8-13-11(18)19-12/h2-8H2,1H3,(H,13,18)(H,14,15,16). The van der Waals surface area contributed by atoms with Crippen LogP contribution in [-0.4, -0.2) is 51.4 Å². The molecule has 0 aromatic carbocycles. The van der Waals surface area contributed by atoms with E-state index >= 15 is 0 Å². The van der Waals surface area contributed by atoms with Crippen LogP contribution in [0.25, 0.3) is 0 Å². The highest BCUT2D eigenvalue weighted by atomic mass is 16.6. The van der Waals surface area contributed by atoms with Crippen molar-refractivity contribution in [1.82, 2.24) is 25.4 Å². The van der Waals surface area contributed by atoms with Gasteiger partial charge in [0.05, 0.1) is 13.1 Å². The van der Waals surface area contributed by atoms with Gasteiger partial charge in [-0.05, 0) is 0 Å². The molecular formula is C12H19N5O2. The number of aromatic nitrogens is 3. The minimum absolute atomic E-state index is 0.274. The first-order valence-electron chi connectivity index (χ1n) is 6.78. The monoisotopic (exact) mass is 265 g/mol. The summed E-state index contributed by atoms with van der Waals surface area (Å²) in [6.07, 6.45) is 2.32. The molecule has 2 N–H and O–H groups in total. The lowest BCUT2D eigenvalue weighted by Gasteiger charge is -2.36. The summed E-state index contributed by atoms with van der Waals surface area (Å²) < 4.78 is 5.40. The van der Waals surface area contributed by atoms with Gasteiger partial charge in [-0.1, -0.05) is 6.92 Å². The van der Waals surface area contributed by atoms with Crippen LogP contribution in [0.15, 0.2) is 0 Å². The highest BCUT2D eigenvalue weighted by Crippen LogP contribution is 2.29. The van der Waals surface area contributed by atoms with Gasteiger partial charge in [-0.25, -0.2) is 9.78 Å².